The van der Waals surface area contributed by atoms with Gasteiger partial charge in [-0.15, -0.1) is 0 Å². The number of nitrogens with two attached hydrogens (primary N) is 1. The predicted molar refractivity (Wildman–Crippen MR) is 80.3 cm³/mol. The van der Waals surface area contributed by atoms with Gasteiger partial charge in [0.1, 0.15) is 0 Å². The molecule has 0 amide bonds. The van der Waals surface area contributed by atoms with Crippen LogP contribution in [0.25, 0.3) is 11.0 Å². The average Bonchev–Trinajstić information content (AvgIpc) is 2.88. The summed E-state index contributed by atoms with van der Waals surface area (Å²) in [5, 5.41) is 4.21. The van der Waals surface area contributed by atoms with Crippen LogP contribution in [0.4, 0.5) is 5.95 Å². The van der Waals surface area contributed by atoms with Gasteiger partial charge in [0, 0.05) is 3.57 Å². The number of aromatic nitrogens is 2. The van der Waals surface area contributed by atoms with Crippen molar-refractivity contribution in [2.45, 2.75) is 6.54 Å². The lowest BCUT2D eigenvalue weighted by molar-refractivity contribution is 0.842. The summed E-state index contributed by atoms with van der Waals surface area (Å²) in [4.78, 5) is 4.39. The molecule has 0 radical (unpaired) electrons. The summed E-state index contributed by atoms with van der Waals surface area (Å²) in [6.45, 7) is 0.784. The molecule has 0 fully saturated rings. The topological polar surface area (TPSA) is 43.8 Å². The Balaban J connectivity index is 2.12. The summed E-state index contributed by atoms with van der Waals surface area (Å²) in [5.74, 6) is 0.577. The number of halogens is 1. The summed E-state index contributed by atoms with van der Waals surface area (Å²) < 4.78 is 3.23. The number of benzene rings is 1. The summed E-state index contributed by atoms with van der Waals surface area (Å²) in [7, 11) is 0. The van der Waals surface area contributed by atoms with E-state index in [9.17, 15) is 0 Å². The van der Waals surface area contributed by atoms with Crippen LogP contribution in [0, 0.1) is 3.57 Å². The van der Waals surface area contributed by atoms with E-state index in [1.54, 1.807) is 11.3 Å². The number of fused-ring (bicyclic) bond motifs is 1. The van der Waals surface area contributed by atoms with E-state index in [1.165, 1.54) is 9.13 Å². The van der Waals surface area contributed by atoms with Gasteiger partial charge in [0.15, 0.2) is 0 Å². The summed E-state index contributed by atoms with van der Waals surface area (Å²) in [6.07, 6.45) is 0. The standard InChI is InChI=1S/C12H10IN3S/c13-9-1-2-11-10(5-9)15-12(14)16(11)6-8-3-4-17-7-8/h1-5,7H,6H2,(H2,14,15). The third-order valence-electron chi connectivity index (χ3n) is 2.66. The molecule has 0 aliphatic rings. The van der Waals surface area contributed by atoms with Gasteiger partial charge in [0.05, 0.1) is 17.6 Å². The van der Waals surface area contributed by atoms with Crippen molar-refractivity contribution < 1.29 is 0 Å². The molecule has 1 aromatic carbocycles. The Labute approximate surface area is 116 Å². The summed E-state index contributed by atoms with van der Waals surface area (Å²) in [6, 6.07) is 8.32. The molecule has 3 nitrogen and oxygen atoms in total. The number of hydrogen-bond acceptors (Lipinski definition) is 3. The second kappa shape index (κ2) is 4.30. The van der Waals surface area contributed by atoms with E-state index in [0.717, 1.165) is 17.6 Å². The highest BCUT2D eigenvalue weighted by molar-refractivity contribution is 14.1. The van der Waals surface area contributed by atoms with Gasteiger partial charge in [-0.2, -0.15) is 11.3 Å². The SMILES string of the molecule is Nc1nc2cc(I)ccc2n1Cc1ccsc1. The third kappa shape index (κ3) is 2.04. The molecule has 5 heteroatoms. The van der Waals surface area contributed by atoms with Crippen LogP contribution in [0.1, 0.15) is 5.56 Å². The number of imidazole rings is 1. The van der Waals surface area contributed by atoms with Crippen LogP contribution in [0.3, 0.4) is 0 Å². The van der Waals surface area contributed by atoms with Crippen molar-refractivity contribution in [3.63, 3.8) is 0 Å². The van der Waals surface area contributed by atoms with Gasteiger partial charge in [-0.1, -0.05) is 0 Å². The molecule has 2 heterocycles. The lowest BCUT2D eigenvalue weighted by Crippen LogP contribution is -2.03. The fraction of sp³-hybridized carbons (Fsp3) is 0.0833. The highest BCUT2D eigenvalue weighted by Crippen LogP contribution is 2.22. The molecular formula is C12H10IN3S. The number of hydrogen-bond donors (Lipinski definition) is 1. The maximum absolute atomic E-state index is 5.97. The minimum absolute atomic E-state index is 0.577. The zero-order valence-corrected chi connectivity index (χ0v) is 11.9. The second-order valence-electron chi connectivity index (χ2n) is 3.82. The molecule has 0 unspecified atom stereocenters. The fourth-order valence-corrected chi connectivity index (χ4v) is 2.99. The first-order valence-electron chi connectivity index (χ1n) is 5.16. The van der Waals surface area contributed by atoms with Gasteiger partial charge in [0.2, 0.25) is 5.95 Å². The van der Waals surface area contributed by atoms with Crippen molar-refractivity contribution in [2.24, 2.45) is 0 Å². The zero-order chi connectivity index (χ0) is 11.8. The first-order valence-corrected chi connectivity index (χ1v) is 7.18. The number of nitrogens with zero attached hydrogens (tertiary/aromatic N) is 2. The predicted octanol–water partition coefficient (Wildman–Crippen LogP) is 3.33. The molecule has 0 atom stereocenters. The van der Waals surface area contributed by atoms with Crippen molar-refractivity contribution in [2.75, 3.05) is 5.73 Å². The molecule has 0 spiro atoms. The lowest BCUT2D eigenvalue weighted by Gasteiger charge is -2.04. The maximum Gasteiger partial charge on any atom is 0.201 e. The Hall–Kier alpha value is -1.08. The Morgan fingerprint density at radius 2 is 2.24 bits per heavy atom. The maximum atomic E-state index is 5.97. The molecule has 0 aliphatic carbocycles. The largest absolute Gasteiger partial charge is 0.369 e. The molecule has 0 saturated heterocycles. The molecule has 0 bridgehead atoms. The van der Waals surface area contributed by atoms with Gasteiger partial charge in [-0.3, -0.25) is 0 Å². The van der Waals surface area contributed by atoms with E-state index in [4.69, 9.17) is 5.73 Å². The van der Waals surface area contributed by atoms with Gasteiger partial charge in [-0.05, 0) is 63.2 Å². The van der Waals surface area contributed by atoms with E-state index in [-0.39, 0.29) is 0 Å². The molecule has 17 heavy (non-hydrogen) atoms. The van der Waals surface area contributed by atoms with Gasteiger partial charge < -0.3 is 10.3 Å². The summed E-state index contributed by atoms with van der Waals surface area (Å²) in [5.41, 5.74) is 9.29. The second-order valence-corrected chi connectivity index (χ2v) is 5.85. The van der Waals surface area contributed by atoms with E-state index in [0.29, 0.717) is 5.95 Å². The van der Waals surface area contributed by atoms with Crippen molar-refractivity contribution in [1.29, 1.82) is 0 Å². The molecule has 3 rings (SSSR count). The lowest BCUT2D eigenvalue weighted by atomic mass is 10.3. The minimum Gasteiger partial charge on any atom is -0.369 e. The first-order chi connectivity index (χ1) is 8.24. The monoisotopic (exact) mass is 355 g/mol. The molecular weight excluding hydrogens is 345 g/mol. The van der Waals surface area contributed by atoms with E-state index < -0.39 is 0 Å². The van der Waals surface area contributed by atoms with Crippen LogP contribution < -0.4 is 5.73 Å². The Bertz CT molecular complexity index is 658. The van der Waals surface area contributed by atoms with Crippen molar-refractivity contribution in [1.82, 2.24) is 9.55 Å². The quantitative estimate of drug-likeness (QED) is 0.717. The van der Waals surface area contributed by atoms with Crippen LogP contribution in [0.5, 0.6) is 0 Å². The van der Waals surface area contributed by atoms with E-state index >= 15 is 0 Å². The van der Waals surface area contributed by atoms with Gasteiger partial charge >= 0.3 is 0 Å². The Morgan fingerprint density at radius 3 is 3.00 bits per heavy atom. The molecule has 3 aromatic rings. The normalized spacial score (nSPS) is 11.1. The van der Waals surface area contributed by atoms with E-state index in [1.807, 2.05) is 4.57 Å². The number of rotatable bonds is 2. The molecule has 0 saturated carbocycles. The zero-order valence-electron chi connectivity index (χ0n) is 8.93. The molecule has 2 N–H and O–H groups in total. The highest BCUT2D eigenvalue weighted by Gasteiger charge is 2.08. The summed E-state index contributed by atoms with van der Waals surface area (Å²) >= 11 is 3.98. The number of nitrogen functional groups attached to an aromatic ring is 1. The Kier molecular flexibility index (Phi) is 2.79. The number of anilines is 1. The van der Waals surface area contributed by atoms with Crippen LogP contribution >= 0.6 is 33.9 Å². The highest BCUT2D eigenvalue weighted by atomic mass is 127. The average molecular weight is 355 g/mol. The molecule has 86 valence electrons. The Morgan fingerprint density at radius 1 is 1.35 bits per heavy atom. The van der Waals surface area contributed by atoms with Crippen LogP contribution in [0.2, 0.25) is 0 Å². The van der Waals surface area contributed by atoms with Crippen molar-refractivity contribution >= 4 is 50.9 Å². The first kappa shape index (κ1) is 11.0. The van der Waals surface area contributed by atoms with Crippen LogP contribution in [-0.2, 0) is 6.54 Å². The molecule has 0 aliphatic heterocycles. The van der Waals surface area contributed by atoms with E-state index in [2.05, 4.69) is 62.6 Å². The minimum atomic E-state index is 0.577. The van der Waals surface area contributed by atoms with Gasteiger partial charge in [-0.25, -0.2) is 4.98 Å². The molecule has 2 aromatic heterocycles. The van der Waals surface area contributed by atoms with Gasteiger partial charge in [0.25, 0.3) is 0 Å². The smallest absolute Gasteiger partial charge is 0.201 e. The van der Waals surface area contributed by atoms with Crippen LogP contribution in [0.15, 0.2) is 35.0 Å². The third-order valence-corrected chi connectivity index (χ3v) is 4.06. The van der Waals surface area contributed by atoms with Crippen molar-refractivity contribution in [3.8, 4) is 0 Å². The fourth-order valence-electron chi connectivity index (χ4n) is 1.85. The van der Waals surface area contributed by atoms with Crippen LogP contribution in [-0.4, -0.2) is 9.55 Å². The number of thiophene rings is 1. The van der Waals surface area contributed by atoms with Crippen molar-refractivity contribution in [3.05, 3.63) is 44.2 Å².